The molecule has 3 heteroatoms. The number of aliphatic hydroxyl groups excluding tert-OH is 1. The van der Waals surface area contributed by atoms with Gasteiger partial charge in [0.1, 0.15) is 0 Å². The highest BCUT2D eigenvalue weighted by Crippen LogP contribution is 2.11. The second-order valence-corrected chi connectivity index (χ2v) is 2.63. The zero-order chi connectivity index (χ0) is 8.97. The largest absolute Gasteiger partial charge is 0.515 e. The zero-order valence-corrected chi connectivity index (χ0v) is 6.95. The monoisotopic (exact) mass is 182 g/mol. The Morgan fingerprint density at radius 1 is 1.50 bits per heavy atom. The average molecular weight is 183 g/mol. The second-order valence-electron chi connectivity index (χ2n) is 2.19. The molecule has 0 unspecified atom stereocenters. The maximum atomic E-state index is 11.1. The summed E-state index contributed by atoms with van der Waals surface area (Å²) in [6.45, 7) is 0. The summed E-state index contributed by atoms with van der Waals surface area (Å²) in [5.74, 6) is -0.264. The maximum absolute atomic E-state index is 11.1. The zero-order valence-electron chi connectivity index (χ0n) is 6.20. The van der Waals surface area contributed by atoms with E-state index in [-0.39, 0.29) is 5.78 Å². The van der Waals surface area contributed by atoms with Gasteiger partial charge in [0.05, 0.1) is 6.26 Å². The van der Waals surface area contributed by atoms with Crippen molar-refractivity contribution in [1.29, 1.82) is 0 Å². The Balaban J connectivity index is 2.96. The van der Waals surface area contributed by atoms with Gasteiger partial charge in [0.15, 0.2) is 5.78 Å². The molecule has 0 aliphatic rings. The van der Waals surface area contributed by atoms with E-state index in [1.807, 2.05) is 0 Å². The minimum Gasteiger partial charge on any atom is -0.515 e. The summed E-state index contributed by atoms with van der Waals surface area (Å²) in [6.07, 6.45) is 1.79. The summed E-state index contributed by atoms with van der Waals surface area (Å²) in [5, 5.41) is 8.84. The van der Waals surface area contributed by atoms with Crippen LogP contribution in [0.15, 0.2) is 36.6 Å². The van der Waals surface area contributed by atoms with Gasteiger partial charge in [0.2, 0.25) is 0 Å². The molecule has 1 N–H and O–H groups in total. The molecule has 0 heterocycles. The van der Waals surface area contributed by atoms with E-state index in [2.05, 4.69) is 0 Å². The Bertz CT molecular complexity index is 318. The number of rotatable bonds is 2. The normalized spacial score (nSPS) is 10.4. The fourth-order valence-electron chi connectivity index (χ4n) is 0.806. The van der Waals surface area contributed by atoms with E-state index in [1.165, 1.54) is 0 Å². The molecule has 0 saturated carbocycles. The Morgan fingerprint density at radius 2 is 2.25 bits per heavy atom. The maximum Gasteiger partial charge on any atom is 0.188 e. The van der Waals surface area contributed by atoms with Crippen LogP contribution in [0.25, 0.3) is 0 Å². The predicted octanol–water partition coefficient (Wildman–Crippen LogP) is 2.59. The average Bonchev–Trinajstić information content (AvgIpc) is 2.05. The van der Waals surface area contributed by atoms with Crippen molar-refractivity contribution in [2.45, 2.75) is 0 Å². The number of hydrogen-bond acceptors (Lipinski definition) is 2. The summed E-state index contributed by atoms with van der Waals surface area (Å²) in [4.78, 5) is 11.1. The summed E-state index contributed by atoms with van der Waals surface area (Å²) >= 11 is 5.65. The molecule has 0 spiro atoms. The Morgan fingerprint density at radius 3 is 2.83 bits per heavy atom. The molecule has 62 valence electrons. The van der Waals surface area contributed by atoms with Gasteiger partial charge in [0, 0.05) is 16.7 Å². The summed E-state index contributed by atoms with van der Waals surface area (Å²) in [6, 6.07) is 6.54. The topological polar surface area (TPSA) is 37.3 Å². The lowest BCUT2D eigenvalue weighted by molar-refractivity contribution is 0.104. The third-order valence-corrected chi connectivity index (χ3v) is 1.57. The molecule has 0 radical (unpaired) electrons. The van der Waals surface area contributed by atoms with Crippen LogP contribution in [0.1, 0.15) is 10.4 Å². The first-order valence-electron chi connectivity index (χ1n) is 3.34. The molecule has 0 saturated heterocycles. The number of hydrogen-bond donors (Lipinski definition) is 1. The number of benzene rings is 1. The minimum atomic E-state index is -0.264. The molecule has 0 atom stereocenters. The van der Waals surface area contributed by atoms with Crippen molar-refractivity contribution >= 4 is 17.4 Å². The van der Waals surface area contributed by atoms with Crippen molar-refractivity contribution in [2.75, 3.05) is 0 Å². The number of halogens is 1. The summed E-state index contributed by atoms with van der Waals surface area (Å²) in [5.41, 5.74) is 0.466. The molecular formula is C9H7ClO2. The van der Waals surface area contributed by atoms with Crippen molar-refractivity contribution in [1.82, 2.24) is 0 Å². The molecule has 2 nitrogen and oxygen atoms in total. The highest BCUT2D eigenvalue weighted by atomic mass is 35.5. The molecule has 0 aliphatic carbocycles. The predicted molar refractivity (Wildman–Crippen MR) is 47.6 cm³/mol. The molecule has 1 aromatic rings. The van der Waals surface area contributed by atoms with E-state index in [4.69, 9.17) is 16.7 Å². The third-order valence-electron chi connectivity index (χ3n) is 1.34. The first kappa shape index (κ1) is 8.81. The van der Waals surface area contributed by atoms with Crippen LogP contribution < -0.4 is 0 Å². The van der Waals surface area contributed by atoms with Crippen molar-refractivity contribution in [2.24, 2.45) is 0 Å². The molecule has 0 aliphatic heterocycles. The molecule has 1 rings (SSSR count). The summed E-state index contributed by atoms with van der Waals surface area (Å²) in [7, 11) is 0. The lowest BCUT2D eigenvalue weighted by Crippen LogP contribution is -1.92. The van der Waals surface area contributed by atoms with E-state index >= 15 is 0 Å². The first-order valence-corrected chi connectivity index (χ1v) is 3.72. The van der Waals surface area contributed by atoms with Crippen molar-refractivity contribution in [3.8, 4) is 0 Å². The van der Waals surface area contributed by atoms with Gasteiger partial charge in [0.25, 0.3) is 0 Å². The van der Waals surface area contributed by atoms with Crippen molar-refractivity contribution in [3.63, 3.8) is 0 Å². The van der Waals surface area contributed by atoms with Crippen molar-refractivity contribution < 1.29 is 9.90 Å². The second kappa shape index (κ2) is 3.93. The molecule has 0 amide bonds. The number of allylic oxidation sites excluding steroid dienone is 1. The SMILES string of the molecule is O=C(/C=C/O)c1cccc(Cl)c1. The molecule has 0 aromatic heterocycles. The van der Waals surface area contributed by atoms with Crippen molar-refractivity contribution in [3.05, 3.63) is 47.2 Å². The standard InChI is InChI=1S/C9H7ClO2/c10-8-3-1-2-7(6-8)9(12)4-5-11/h1-6,11H/b5-4+. The van der Waals surface area contributed by atoms with E-state index in [1.54, 1.807) is 24.3 Å². The van der Waals surface area contributed by atoms with E-state index in [9.17, 15) is 4.79 Å². The lowest BCUT2D eigenvalue weighted by atomic mass is 10.1. The third kappa shape index (κ3) is 2.10. The molecule has 1 aromatic carbocycles. The van der Waals surface area contributed by atoms with Crippen LogP contribution in [0.4, 0.5) is 0 Å². The van der Waals surface area contributed by atoms with E-state index in [0.29, 0.717) is 16.8 Å². The lowest BCUT2D eigenvalue weighted by Gasteiger charge is -1.94. The van der Waals surface area contributed by atoms with E-state index < -0.39 is 0 Å². The first-order chi connectivity index (χ1) is 5.74. The van der Waals surface area contributed by atoms with Gasteiger partial charge in [-0.3, -0.25) is 4.79 Å². The molecular weight excluding hydrogens is 176 g/mol. The molecule has 0 bridgehead atoms. The number of aliphatic hydroxyl groups is 1. The van der Waals surface area contributed by atoms with Crippen LogP contribution in [0.2, 0.25) is 5.02 Å². The Labute approximate surface area is 75.1 Å². The number of ketones is 1. The van der Waals surface area contributed by atoms with Gasteiger partial charge in [-0.1, -0.05) is 23.7 Å². The minimum absolute atomic E-state index is 0.264. The van der Waals surface area contributed by atoms with Crippen LogP contribution in [0.5, 0.6) is 0 Å². The fraction of sp³-hybridized carbons (Fsp3) is 0. The van der Waals surface area contributed by atoms with Gasteiger partial charge in [-0.15, -0.1) is 0 Å². The smallest absolute Gasteiger partial charge is 0.188 e. The van der Waals surface area contributed by atoms with Gasteiger partial charge < -0.3 is 5.11 Å². The van der Waals surface area contributed by atoms with Gasteiger partial charge in [-0.2, -0.15) is 0 Å². The Hall–Kier alpha value is -1.28. The van der Waals surface area contributed by atoms with Crippen LogP contribution in [0.3, 0.4) is 0 Å². The highest BCUT2D eigenvalue weighted by molar-refractivity contribution is 6.31. The van der Waals surface area contributed by atoms with Gasteiger partial charge in [-0.05, 0) is 12.1 Å². The number of carbonyl (C=O) groups excluding carboxylic acids is 1. The highest BCUT2D eigenvalue weighted by Gasteiger charge is 2.00. The van der Waals surface area contributed by atoms with Crippen LogP contribution in [-0.4, -0.2) is 10.9 Å². The van der Waals surface area contributed by atoms with E-state index in [0.717, 1.165) is 6.08 Å². The van der Waals surface area contributed by atoms with Gasteiger partial charge in [-0.25, -0.2) is 0 Å². The van der Waals surface area contributed by atoms with Crippen LogP contribution in [-0.2, 0) is 0 Å². The Kier molecular flexibility index (Phi) is 2.88. The fourth-order valence-corrected chi connectivity index (χ4v) is 0.996. The van der Waals surface area contributed by atoms with Crippen LogP contribution >= 0.6 is 11.6 Å². The molecule has 0 fully saturated rings. The van der Waals surface area contributed by atoms with Gasteiger partial charge >= 0.3 is 0 Å². The summed E-state index contributed by atoms with van der Waals surface area (Å²) < 4.78 is 0. The van der Waals surface area contributed by atoms with Crippen LogP contribution in [0, 0.1) is 0 Å². The molecule has 12 heavy (non-hydrogen) atoms. The quantitative estimate of drug-likeness (QED) is 0.434. The number of carbonyl (C=O) groups is 1.